The van der Waals surface area contributed by atoms with Crippen LogP contribution in [0, 0.1) is 13.8 Å². The van der Waals surface area contributed by atoms with E-state index in [1.807, 2.05) is 0 Å². The molecule has 0 fully saturated rings. The molecule has 0 aliphatic carbocycles. The molecule has 2 aromatic heterocycles. The van der Waals surface area contributed by atoms with Crippen LogP contribution in [0.5, 0.6) is 0 Å². The first-order chi connectivity index (χ1) is 9.51. The van der Waals surface area contributed by atoms with E-state index >= 15 is 0 Å². The van der Waals surface area contributed by atoms with E-state index in [-0.39, 0.29) is 0 Å². The van der Waals surface area contributed by atoms with Crippen LogP contribution < -0.4 is 0 Å². The maximum atomic E-state index is 6.58. The van der Waals surface area contributed by atoms with Crippen LogP contribution in [0.4, 0.5) is 0 Å². The van der Waals surface area contributed by atoms with Crippen molar-refractivity contribution in [3.63, 3.8) is 0 Å². The zero-order chi connectivity index (χ0) is 14.6. The number of hydrogen-bond acceptors (Lipinski definition) is 2. The number of hydrogen-bond donors (Lipinski definition) is 0. The summed E-state index contributed by atoms with van der Waals surface area (Å²) in [5.74, 6) is 0. The van der Waals surface area contributed by atoms with Gasteiger partial charge in [0.15, 0.2) is 0 Å². The predicted octanol–water partition coefficient (Wildman–Crippen LogP) is 7.16. The standard InChI is InChI=1S/C16H16Cl2S2/c1-5-9-11-13(17)7(3)20-16(11)10(6-2)12-14(18)8(4)19-15(9)12/h5-6H2,1-4H3. The maximum Gasteiger partial charge on any atom is 0.0624 e. The minimum absolute atomic E-state index is 0.931. The number of thiophene rings is 2. The van der Waals surface area contributed by atoms with E-state index in [1.165, 1.54) is 41.1 Å². The summed E-state index contributed by atoms with van der Waals surface area (Å²) in [5.41, 5.74) is 2.73. The molecular formula is C16H16Cl2S2. The third-order valence-electron chi connectivity index (χ3n) is 3.88. The fourth-order valence-electron chi connectivity index (χ4n) is 2.92. The molecule has 0 N–H and O–H groups in total. The lowest BCUT2D eigenvalue weighted by molar-refractivity contribution is 1.16. The fraction of sp³-hybridized carbons (Fsp3) is 0.375. The van der Waals surface area contributed by atoms with E-state index in [0.29, 0.717) is 0 Å². The normalized spacial score (nSPS) is 11.9. The van der Waals surface area contributed by atoms with E-state index in [0.717, 1.165) is 22.9 Å². The average Bonchev–Trinajstić information content (AvgIpc) is 2.88. The van der Waals surface area contributed by atoms with Crippen LogP contribution in [0.15, 0.2) is 0 Å². The summed E-state index contributed by atoms with van der Waals surface area (Å²) in [7, 11) is 0. The highest BCUT2D eigenvalue weighted by Gasteiger charge is 2.22. The summed E-state index contributed by atoms with van der Waals surface area (Å²) in [6.45, 7) is 8.61. The first-order valence-electron chi connectivity index (χ1n) is 6.82. The molecule has 0 spiro atoms. The molecule has 0 atom stereocenters. The summed E-state index contributed by atoms with van der Waals surface area (Å²) >= 11 is 16.8. The number of fused-ring (bicyclic) bond motifs is 2. The minimum atomic E-state index is 0.931. The van der Waals surface area contributed by atoms with Gasteiger partial charge >= 0.3 is 0 Å². The van der Waals surface area contributed by atoms with Gasteiger partial charge in [-0.1, -0.05) is 37.0 Å². The Morgan fingerprint density at radius 3 is 1.40 bits per heavy atom. The molecule has 3 rings (SSSR count). The third kappa shape index (κ3) is 1.85. The van der Waals surface area contributed by atoms with Crippen molar-refractivity contribution in [2.24, 2.45) is 0 Å². The molecule has 0 radical (unpaired) electrons. The summed E-state index contributed by atoms with van der Waals surface area (Å²) in [4.78, 5) is 2.41. The topological polar surface area (TPSA) is 0 Å². The summed E-state index contributed by atoms with van der Waals surface area (Å²) in [6, 6.07) is 0. The molecule has 0 nitrogen and oxygen atoms in total. The number of benzene rings is 1. The Bertz CT molecular complexity index is 754. The Morgan fingerprint density at radius 1 is 0.750 bits per heavy atom. The fourth-order valence-corrected chi connectivity index (χ4v) is 6.07. The molecule has 2 heterocycles. The molecule has 106 valence electrons. The molecule has 4 heteroatoms. The van der Waals surface area contributed by atoms with E-state index in [4.69, 9.17) is 23.2 Å². The molecule has 1 aromatic carbocycles. The summed E-state index contributed by atoms with van der Waals surface area (Å²) in [6.07, 6.45) is 1.98. The van der Waals surface area contributed by atoms with Gasteiger partial charge in [-0.05, 0) is 37.8 Å². The van der Waals surface area contributed by atoms with Crippen molar-refractivity contribution >= 4 is 66.0 Å². The number of halogens is 2. The van der Waals surface area contributed by atoms with E-state index in [1.54, 1.807) is 22.7 Å². The Labute approximate surface area is 137 Å². The molecule has 20 heavy (non-hydrogen) atoms. The predicted molar refractivity (Wildman–Crippen MR) is 95.5 cm³/mol. The molecule has 0 bridgehead atoms. The smallest absolute Gasteiger partial charge is 0.0624 e. The van der Waals surface area contributed by atoms with Crippen molar-refractivity contribution in [1.29, 1.82) is 0 Å². The van der Waals surface area contributed by atoms with Crippen molar-refractivity contribution in [3.05, 3.63) is 30.9 Å². The highest BCUT2D eigenvalue weighted by atomic mass is 35.5. The van der Waals surface area contributed by atoms with Crippen molar-refractivity contribution in [1.82, 2.24) is 0 Å². The lowest BCUT2D eigenvalue weighted by atomic mass is 9.99. The van der Waals surface area contributed by atoms with Gasteiger partial charge in [-0.15, -0.1) is 22.7 Å². The summed E-state index contributed by atoms with van der Waals surface area (Å²) < 4.78 is 2.66. The molecule has 3 aromatic rings. The third-order valence-corrected chi connectivity index (χ3v) is 7.38. The Kier molecular flexibility index (Phi) is 3.79. The van der Waals surface area contributed by atoms with Crippen LogP contribution in [0.3, 0.4) is 0 Å². The molecule has 0 unspecified atom stereocenters. The van der Waals surface area contributed by atoms with Crippen LogP contribution in [-0.2, 0) is 12.8 Å². The average molecular weight is 343 g/mol. The lowest BCUT2D eigenvalue weighted by Gasteiger charge is -2.09. The molecule has 0 saturated carbocycles. The van der Waals surface area contributed by atoms with E-state index < -0.39 is 0 Å². The highest BCUT2D eigenvalue weighted by Crippen LogP contribution is 2.48. The van der Waals surface area contributed by atoms with Gasteiger partial charge in [0.25, 0.3) is 0 Å². The molecular weight excluding hydrogens is 327 g/mol. The van der Waals surface area contributed by atoms with Gasteiger partial charge in [-0.25, -0.2) is 0 Å². The van der Waals surface area contributed by atoms with Crippen molar-refractivity contribution in [2.75, 3.05) is 0 Å². The Balaban J connectivity index is 2.67. The van der Waals surface area contributed by atoms with Gasteiger partial charge in [-0.2, -0.15) is 0 Å². The minimum Gasteiger partial charge on any atom is -0.139 e. The molecule has 0 aliphatic heterocycles. The largest absolute Gasteiger partial charge is 0.139 e. The van der Waals surface area contributed by atoms with Gasteiger partial charge in [-0.3, -0.25) is 0 Å². The van der Waals surface area contributed by atoms with Crippen molar-refractivity contribution < 1.29 is 0 Å². The van der Waals surface area contributed by atoms with Crippen LogP contribution in [0.2, 0.25) is 10.0 Å². The summed E-state index contributed by atoms with van der Waals surface area (Å²) in [5, 5.41) is 4.39. The van der Waals surface area contributed by atoms with E-state index in [2.05, 4.69) is 27.7 Å². The zero-order valence-electron chi connectivity index (χ0n) is 12.0. The second-order valence-electron chi connectivity index (χ2n) is 5.02. The molecule has 0 aliphatic rings. The highest BCUT2D eigenvalue weighted by molar-refractivity contribution is 7.22. The number of aryl methyl sites for hydroxylation is 4. The van der Waals surface area contributed by atoms with Gasteiger partial charge in [0.2, 0.25) is 0 Å². The van der Waals surface area contributed by atoms with Crippen LogP contribution in [0.1, 0.15) is 34.7 Å². The van der Waals surface area contributed by atoms with Crippen LogP contribution in [-0.4, -0.2) is 0 Å². The van der Waals surface area contributed by atoms with Crippen molar-refractivity contribution in [2.45, 2.75) is 40.5 Å². The lowest BCUT2D eigenvalue weighted by Crippen LogP contribution is -1.89. The van der Waals surface area contributed by atoms with Crippen LogP contribution >= 0.6 is 45.9 Å². The van der Waals surface area contributed by atoms with Gasteiger partial charge in [0.1, 0.15) is 0 Å². The quantitative estimate of drug-likeness (QED) is 0.463. The molecule has 0 amide bonds. The second kappa shape index (κ2) is 5.17. The zero-order valence-corrected chi connectivity index (χ0v) is 15.1. The van der Waals surface area contributed by atoms with Gasteiger partial charge in [0.05, 0.1) is 10.0 Å². The maximum absolute atomic E-state index is 6.58. The van der Waals surface area contributed by atoms with Gasteiger partial charge in [0, 0.05) is 29.9 Å². The SMILES string of the molecule is CCc1c2sc(C)c(Cl)c2c(CC)c2sc(C)c(Cl)c12. The number of rotatable bonds is 2. The Morgan fingerprint density at radius 2 is 1.10 bits per heavy atom. The first-order valence-corrected chi connectivity index (χ1v) is 9.20. The second-order valence-corrected chi connectivity index (χ2v) is 8.22. The van der Waals surface area contributed by atoms with E-state index in [9.17, 15) is 0 Å². The first kappa shape index (κ1) is 14.6. The molecule has 0 saturated heterocycles. The monoisotopic (exact) mass is 342 g/mol. The Hall–Kier alpha value is -0.280. The van der Waals surface area contributed by atoms with Crippen LogP contribution in [0.25, 0.3) is 20.2 Å². The van der Waals surface area contributed by atoms with Crippen molar-refractivity contribution in [3.8, 4) is 0 Å². The van der Waals surface area contributed by atoms with Gasteiger partial charge < -0.3 is 0 Å².